The summed E-state index contributed by atoms with van der Waals surface area (Å²) in [5.41, 5.74) is 0.680. The van der Waals surface area contributed by atoms with Gasteiger partial charge in [-0.15, -0.1) is 0 Å². The summed E-state index contributed by atoms with van der Waals surface area (Å²) < 4.78 is 67.7. The zero-order valence-corrected chi connectivity index (χ0v) is 16.5. The fourth-order valence-corrected chi connectivity index (χ4v) is 3.94. The molecule has 2 N–H and O–H groups in total. The molecule has 0 heterocycles. The molecule has 156 valence electrons. The Morgan fingerprint density at radius 1 is 0.867 bits per heavy atom. The molecule has 0 saturated heterocycles. The Labute approximate surface area is 171 Å². The van der Waals surface area contributed by atoms with Crippen LogP contribution in [0.15, 0.2) is 71.6 Å². The standard InChI is InChI=1S/C21H17F3N2O3S/c1-13(14-7-3-2-4-8-14)25-21(27)15-9-5-6-10-17(15)26-30(28,29)18-12-11-16(22)19(23)20(18)24/h2-13,26H,1H3,(H,25,27). The summed E-state index contributed by atoms with van der Waals surface area (Å²) in [6.45, 7) is 1.76. The van der Waals surface area contributed by atoms with Crippen LogP contribution in [0.2, 0.25) is 0 Å². The van der Waals surface area contributed by atoms with Gasteiger partial charge in [-0.25, -0.2) is 21.6 Å². The van der Waals surface area contributed by atoms with Crippen molar-refractivity contribution in [3.05, 3.63) is 95.3 Å². The predicted octanol–water partition coefficient (Wildman–Crippen LogP) is 4.40. The molecule has 0 aromatic heterocycles. The highest BCUT2D eigenvalue weighted by Crippen LogP contribution is 2.25. The highest BCUT2D eigenvalue weighted by molar-refractivity contribution is 7.92. The first kappa shape index (κ1) is 21.4. The minimum absolute atomic E-state index is 0.0214. The number of benzene rings is 3. The van der Waals surface area contributed by atoms with Gasteiger partial charge in [0.1, 0.15) is 4.90 Å². The molecule has 0 bridgehead atoms. The van der Waals surface area contributed by atoms with Crippen LogP contribution >= 0.6 is 0 Å². The molecule has 0 radical (unpaired) electrons. The van der Waals surface area contributed by atoms with Gasteiger partial charge in [0.2, 0.25) is 0 Å². The highest BCUT2D eigenvalue weighted by atomic mass is 32.2. The molecule has 9 heteroatoms. The van der Waals surface area contributed by atoms with E-state index in [0.29, 0.717) is 12.1 Å². The number of sulfonamides is 1. The van der Waals surface area contributed by atoms with Crippen LogP contribution in [-0.4, -0.2) is 14.3 Å². The van der Waals surface area contributed by atoms with Crippen LogP contribution < -0.4 is 10.0 Å². The van der Waals surface area contributed by atoms with E-state index in [1.54, 1.807) is 6.92 Å². The molecule has 5 nitrogen and oxygen atoms in total. The molecule has 0 aliphatic carbocycles. The van der Waals surface area contributed by atoms with Crippen LogP contribution in [-0.2, 0) is 10.0 Å². The quantitative estimate of drug-likeness (QED) is 0.565. The van der Waals surface area contributed by atoms with Crippen molar-refractivity contribution in [2.45, 2.75) is 17.9 Å². The largest absolute Gasteiger partial charge is 0.345 e. The van der Waals surface area contributed by atoms with Crippen LogP contribution in [0, 0.1) is 17.5 Å². The maximum absolute atomic E-state index is 14.0. The number of rotatable bonds is 6. The van der Waals surface area contributed by atoms with E-state index in [1.165, 1.54) is 24.3 Å². The van der Waals surface area contributed by atoms with Gasteiger partial charge in [-0.3, -0.25) is 9.52 Å². The molecule has 30 heavy (non-hydrogen) atoms. The molecule has 3 aromatic carbocycles. The van der Waals surface area contributed by atoms with Gasteiger partial charge in [0.15, 0.2) is 17.5 Å². The summed E-state index contributed by atoms with van der Waals surface area (Å²) in [6.07, 6.45) is 0. The summed E-state index contributed by atoms with van der Waals surface area (Å²) in [5, 5.41) is 2.75. The lowest BCUT2D eigenvalue weighted by molar-refractivity contribution is 0.0941. The normalized spacial score (nSPS) is 12.3. The summed E-state index contributed by atoms with van der Waals surface area (Å²) >= 11 is 0. The summed E-state index contributed by atoms with van der Waals surface area (Å²) in [4.78, 5) is 11.6. The van der Waals surface area contributed by atoms with E-state index in [4.69, 9.17) is 0 Å². The van der Waals surface area contributed by atoms with Crippen LogP contribution in [0.3, 0.4) is 0 Å². The molecule has 0 aliphatic heterocycles. The monoisotopic (exact) mass is 434 g/mol. The first-order chi connectivity index (χ1) is 14.2. The van der Waals surface area contributed by atoms with Crippen LogP contribution in [0.4, 0.5) is 18.9 Å². The SMILES string of the molecule is CC(NC(=O)c1ccccc1NS(=O)(=O)c1ccc(F)c(F)c1F)c1ccccc1. The van der Waals surface area contributed by atoms with E-state index in [9.17, 15) is 26.4 Å². The number of anilines is 1. The van der Waals surface area contributed by atoms with Crippen molar-refractivity contribution in [3.63, 3.8) is 0 Å². The second-order valence-corrected chi connectivity index (χ2v) is 8.08. The zero-order valence-electron chi connectivity index (χ0n) is 15.7. The molecular weight excluding hydrogens is 417 g/mol. The van der Waals surface area contributed by atoms with E-state index in [-0.39, 0.29) is 17.3 Å². The predicted molar refractivity (Wildman–Crippen MR) is 106 cm³/mol. The first-order valence-electron chi connectivity index (χ1n) is 8.82. The van der Waals surface area contributed by atoms with Crippen molar-refractivity contribution < 1.29 is 26.4 Å². The van der Waals surface area contributed by atoms with Gasteiger partial charge in [0.25, 0.3) is 15.9 Å². The molecular formula is C21H17F3N2O3S. The molecule has 1 amide bonds. The Balaban J connectivity index is 1.88. The van der Waals surface area contributed by atoms with Crippen LogP contribution in [0.1, 0.15) is 28.9 Å². The van der Waals surface area contributed by atoms with Crippen LogP contribution in [0.25, 0.3) is 0 Å². The molecule has 0 fully saturated rings. The van der Waals surface area contributed by atoms with Gasteiger partial charge in [0, 0.05) is 0 Å². The number of hydrogen-bond acceptors (Lipinski definition) is 3. The Morgan fingerprint density at radius 3 is 2.20 bits per heavy atom. The van der Waals surface area contributed by atoms with Gasteiger partial charge < -0.3 is 5.32 Å². The Hall–Kier alpha value is -3.33. The van der Waals surface area contributed by atoms with E-state index in [2.05, 4.69) is 10.0 Å². The Bertz CT molecular complexity index is 1190. The molecule has 3 rings (SSSR count). The maximum Gasteiger partial charge on any atom is 0.264 e. The fourth-order valence-electron chi connectivity index (χ4n) is 2.79. The Kier molecular flexibility index (Phi) is 6.12. The third-order valence-corrected chi connectivity index (χ3v) is 5.74. The van der Waals surface area contributed by atoms with Crippen molar-refractivity contribution in [2.75, 3.05) is 4.72 Å². The molecule has 3 aromatic rings. The minimum Gasteiger partial charge on any atom is -0.345 e. The number of para-hydroxylation sites is 1. The number of amides is 1. The average Bonchev–Trinajstić information content (AvgIpc) is 2.72. The van der Waals surface area contributed by atoms with Gasteiger partial charge in [0.05, 0.1) is 17.3 Å². The summed E-state index contributed by atoms with van der Waals surface area (Å²) in [5.74, 6) is -5.83. The second-order valence-electron chi connectivity index (χ2n) is 6.43. The fraction of sp³-hybridized carbons (Fsp3) is 0.0952. The van der Waals surface area contributed by atoms with Crippen molar-refractivity contribution >= 4 is 21.6 Å². The van der Waals surface area contributed by atoms with Gasteiger partial charge in [-0.05, 0) is 36.8 Å². The van der Waals surface area contributed by atoms with Crippen molar-refractivity contribution in [2.24, 2.45) is 0 Å². The van der Waals surface area contributed by atoms with Crippen molar-refractivity contribution in [1.29, 1.82) is 0 Å². The van der Waals surface area contributed by atoms with Crippen molar-refractivity contribution in [3.8, 4) is 0 Å². The summed E-state index contributed by atoms with van der Waals surface area (Å²) in [7, 11) is -4.63. The number of carbonyl (C=O) groups excluding carboxylic acids is 1. The summed E-state index contributed by atoms with van der Waals surface area (Å²) in [6, 6.07) is 15.5. The third-order valence-electron chi connectivity index (χ3n) is 4.35. The lowest BCUT2D eigenvalue weighted by Gasteiger charge is -2.17. The third kappa shape index (κ3) is 4.46. The van der Waals surface area contributed by atoms with E-state index < -0.39 is 38.3 Å². The first-order valence-corrected chi connectivity index (χ1v) is 10.3. The van der Waals surface area contributed by atoms with Crippen LogP contribution in [0.5, 0.6) is 0 Å². The van der Waals surface area contributed by atoms with E-state index in [1.807, 2.05) is 30.3 Å². The number of hydrogen-bond donors (Lipinski definition) is 2. The lowest BCUT2D eigenvalue weighted by atomic mass is 10.1. The number of nitrogens with one attached hydrogen (secondary N) is 2. The maximum atomic E-state index is 14.0. The number of carbonyl (C=O) groups is 1. The molecule has 1 atom stereocenters. The zero-order chi connectivity index (χ0) is 21.9. The molecule has 1 unspecified atom stereocenters. The van der Waals surface area contributed by atoms with E-state index >= 15 is 0 Å². The van der Waals surface area contributed by atoms with Gasteiger partial charge in [-0.2, -0.15) is 0 Å². The molecule has 0 saturated carbocycles. The second kappa shape index (κ2) is 8.58. The van der Waals surface area contributed by atoms with E-state index in [0.717, 1.165) is 5.56 Å². The lowest BCUT2D eigenvalue weighted by Crippen LogP contribution is -2.28. The average molecular weight is 434 g/mol. The van der Waals surface area contributed by atoms with Gasteiger partial charge in [-0.1, -0.05) is 42.5 Å². The Morgan fingerprint density at radius 2 is 1.50 bits per heavy atom. The highest BCUT2D eigenvalue weighted by Gasteiger charge is 2.26. The van der Waals surface area contributed by atoms with Gasteiger partial charge >= 0.3 is 0 Å². The van der Waals surface area contributed by atoms with Crippen molar-refractivity contribution in [1.82, 2.24) is 5.32 Å². The number of halogens is 3. The molecule has 0 spiro atoms. The topological polar surface area (TPSA) is 75.3 Å². The minimum atomic E-state index is -4.63. The molecule has 0 aliphatic rings. The smallest absolute Gasteiger partial charge is 0.264 e.